The Morgan fingerprint density at radius 2 is 2.00 bits per heavy atom. The number of rotatable bonds is 5. The number of nitrogens with zero attached hydrogens (tertiary/aromatic N) is 1. The molecule has 0 aliphatic carbocycles. The van der Waals surface area contributed by atoms with E-state index in [2.05, 4.69) is 21.2 Å². The first-order valence-corrected chi connectivity index (χ1v) is 9.43. The van der Waals surface area contributed by atoms with Crippen LogP contribution in [-0.2, 0) is 25.7 Å². The maximum absolute atomic E-state index is 12.4. The van der Waals surface area contributed by atoms with Gasteiger partial charge in [-0.15, -0.1) is 0 Å². The Balaban J connectivity index is 1.60. The molecular weight excluding hydrogens is 428 g/mol. The molecule has 1 aliphatic heterocycles. The van der Waals surface area contributed by atoms with Crippen molar-refractivity contribution >= 4 is 39.6 Å². The number of amides is 2. The first kappa shape index (κ1) is 19.9. The first-order chi connectivity index (χ1) is 13.4. The fourth-order valence-corrected chi connectivity index (χ4v) is 3.24. The summed E-state index contributed by atoms with van der Waals surface area (Å²) in [6, 6.07) is 13.6. The monoisotopic (exact) mass is 446 g/mol. The first-order valence-electron chi connectivity index (χ1n) is 8.64. The molecule has 1 aliphatic rings. The number of carbonyl (C=O) groups is 3. The Labute approximate surface area is 170 Å². The van der Waals surface area contributed by atoms with E-state index in [1.54, 1.807) is 12.1 Å². The van der Waals surface area contributed by atoms with Crippen LogP contribution >= 0.6 is 15.9 Å². The maximum Gasteiger partial charge on any atom is 0.413 e. The number of carbonyl (C=O) groups excluding carboxylic acids is 3. The lowest BCUT2D eigenvalue weighted by Gasteiger charge is -2.19. The summed E-state index contributed by atoms with van der Waals surface area (Å²) in [4.78, 5) is 37.9. The third kappa shape index (κ3) is 4.89. The van der Waals surface area contributed by atoms with E-state index in [4.69, 9.17) is 9.47 Å². The molecule has 28 heavy (non-hydrogen) atoms. The number of nitrogens with one attached hydrogen (secondary N) is 1. The van der Waals surface area contributed by atoms with Crippen LogP contribution in [0.5, 0.6) is 0 Å². The van der Waals surface area contributed by atoms with Gasteiger partial charge in [0.1, 0.15) is 12.6 Å². The number of aryl methyl sites for hydroxylation is 1. The minimum atomic E-state index is -1.01. The molecule has 146 valence electrons. The molecule has 0 unspecified atom stereocenters. The van der Waals surface area contributed by atoms with Crippen LogP contribution in [0, 0.1) is 6.92 Å². The maximum atomic E-state index is 12.4. The van der Waals surface area contributed by atoms with Crippen molar-refractivity contribution < 1.29 is 23.9 Å². The van der Waals surface area contributed by atoms with Gasteiger partial charge in [-0.1, -0.05) is 46.3 Å². The predicted octanol–water partition coefficient (Wildman–Crippen LogP) is 3.61. The highest BCUT2D eigenvalue weighted by molar-refractivity contribution is 9.10. The van der Waals surface area contributed by atoms with E-state index in [1.165, 1.54) is 0 Å². The van der Waals surface area contributed by atoms with E-state index >= 15 is 0 Å². The molecule has 8 heteroatoms. The van der Waals surface area contributed by atoms with Crippen molar-refractivity contribution in [2.24, 2.45) is 0 Å². The predicted molar refractivity (Wildman–Crippen MR) is 105 cm³/mol. The fourth-order valence-electron chi connectivity index (χ4n) is 2.77. The lowest BCUT2D eigenvalue weighted by molar-refractivity contribution is -0.140. The third-order valence-electron chi connectivity index (χ3n) is 4.28. The van der Waals surface area contributed by atoms with Gasteiger partial charge in [0.05, 0.1) is 6.42 Å². The number of hydrogen-bond acceptors (Lipinski definition) is 5. The number of halogens is 1. The number of cyclic esters (lactones) is 1. The van der Waals surface area contributed by atoms with E-state index in [9.17, 15) is 14.4 Å². The zero-order valence-corrected chi connectivity index (χ0v) is 16.8. The molecule has 7 nitrogen and oxygen atoms in total. The van der Waals surface area contributed by atoms with Crippen LogP contribution in [0.2, 0.25) is 0 Å². The summed E-state index contributed by atoms with van der Waals surface area (Å²) in [5.74, 6) is -1.02. The van der Waals surface area contributed by atoms with Crippen LogP contribution in [0.25, 0.3) is 0 Å². The van der Waals surface area contributed by atoms with Crippen molar-refractivity contribution in [3.05, 3.63) is 64.1 Å². The lowest BCUT2D eigenvalue weighted by atomic mass is 10.1. The summed E-state index contributed by atoms with van der Waals surface area (Å²) in [5.41, 5.74) is 2.33. The van der Waals surface area contributed by atoms with E-state index in [-0.39, 0.29) is 19.8 Å². The van der Waals surface area contributed by atoms with Gasteiger partial charge in [0, 0.05) is 10.2 Å². The molecule has 1 N–H and O–H groups in total. The highest BCUT2D eigenvalue weighted by atomic mass is 79.9. The third-order valence-corrected chi connectivity index (χ3v) is 4.77. The quantitative estimate of drug-likeness (QED) is 0.709. The van der Waals surface area contributed by atoms with Gasteiger partial charge in [-0.05, 0) is 36.2 Å². The van der Waals surface area contributed by atoms with Crippen molar-refractivity contribution in [1.82, 2.24) is 4.90 Å². The molecule has 0 aromatic heterocycles. The van der Waals surface area contributed by atoms with E-state index in [0.29, 0.717) is 5.69 Å². The average molecular weight is 447 g/mol. The van der Waals surface area contributed by atoms with Gasteiger partial charge in [0.2, 0.25) is 5.91 Å². The van der Waals surface area contributed by atoms with Crippen molar-refractivity contribution in [2.75, 3.05) is 12.0 Å². The van der Waals surface area contributed by atoms with Crippen molar-refractivity contribution in [1.29, 1.82) is 0 Å². The summed E-state index contributed by atoms with van der Waals surface area (Å²) >= 11 is 3.36. The highest BCUT2D eigenvalue weighted by Gasteiger charge is 2.40. The summed E-state index contributed by atoms with van der Waals surface area (Å²) in [6.07, 6.45) is -0.915. The van der Waals surface area contributed by atoms with Gasteiger partial charge in [-0.3, -0.25) is 9.69 Å². The molecular formula is C20H19BrN2O5. The Kier molecular flexibility index (Phi) is 6.30. The average Bonchev–Trinajstić information content (AvgIpc) is 3.03. The standard InChI is InChI=1S/C20H19BrN2O5/c1-13-9-15(21)7-8-16(13)22-18(24)10-17-19(25)28-12-23(17)20(26)27-11-14-5-3-2-4-6-14/h2-9,17H,10-12H2,1H3,(H,22,24)/t17-/m0/s1. The van der Waals surface area contributed by atoms with Crippen LogP contribution < -0.4 is 5.32 Å². The topological polar surface area (TPSA) is 84.9 Å². The second-order valence-electron chi connectivity index (χ2n) is 6.33. The minimum Gasteiger partial charge on any atom is -0.444 e. The zero-order chi connectivity index (χ0) is 20.1. The molecule has 1 saturated heterocycles. The van der Waals surface area contributed by atoms with Gasteiger partial charge < -0.3 is 14.8 Å². The van der Waals surface area contributed by atoms with Crippen LogP contribution in [0.4, 0.5) is 10.5 Å². The van der Waals surface area contributed by atoms with Gasteiger partial charge >= 0.3 is 12.1 Å². The van der Waals surface area contributed by atoms with Crippen molar-refractivity contribution in [2.45, 2.75) is 26.0 Å². The molecule has 1 heterocycles. The van der Waals surface area contributed by atoms with Gasteiger partial charge in [-0.2, -0.15) is 0 Å². The van der Waals surface area contributed by atoms with Gasteiger partial charge in [0.25, 0.3) is 0 Å². The summed E-state index contributed by atoms with van der Waals surface area (Å²) in [5, 5.41) is 2.76. The van der Waals surface area contributed by atoms with E-state index in [1.807, 2.05) is 43.3 Å². The molecule has 0 saturated carbocycles. The zero-order valence-electron chi connectivity index (χ0n) is 15.2. The Bertz CT molecular complexity index is 887. The van der Waals surface area contributed by atoms with Crippen LogP contribution in [0.15, 0.2) is 53.0 Å². The van der Waals surface area contributed by atoms with Gasteiger partial charge in [0.15, 0.2) is 6.73 Å². The molecule has 1 atom stereocenters. The molecule has 2 aromatic rings. The van der Waals surface area contributed by atoms with Crippen LogP contribution in [0.3, 0.4) is 0 Å². The molecule has 2 amide bonds. The molecule has 3 rings (SSSR count). The molecule has 2 aromatic carbocycles. The smallest absolute Gasteiger partial charge is 0.413 e. The normalized spacial score (nSPS) is 15.9. The second-order valence-corrected chi connectivity index (χ2v) is 7.25. The number of benzene rings is 2. The Morgan fingerprint density at radius 1 is 1.25 bits per heavy atom. The number of hydrogen-bond donors (Lipinski definition) is 1. The number of ether oxygens (including phenoxy) is 2. The highest BCUT2D eigenvalue weighted by Crippen LogP contribution is 2.22. The summed E-state index contributed by atoms with van der Waals surface area (Å²) < 4.78 is 11.1. The molecule has 0 spiro atoms. The minimum absolute atomic E-state index is 0.0708. The summed E-state index contributed by atoms with van der Waals surface area (Å²) in [7, 11) is 0. The summed E-state index contributed by atoms with van der Waals surface area (Å²) in [6.45, 7) is 1.69. The second kappa shape index (κ2) is 8.88. The molecule has 0 radical (unpaired) electrons. The van der Waals surface area contributed by atoms with Gasteiger partial charge in [-0.25, -0.2) is 9.59 Å². The SMILES string of the molecule is Cc1cc(Br)ccc1NC(=O)C[C@H]1C(=O)OCN1C(=O)OCc1ccccc1. The number of esters is 1. The molecule has 1 fully saturated rings. The van der Waals surface area contributed by atoms with Crippen LogP contribution in [0.1, 0.15) is 17.5 Å². The number of anilines is 1. The lowest BCUT2D eigenvalue weighted by Crippen LogP contribution is -2.40. The van der Waals surface area contributed by atoms with Crippen molar-refractivity contribution in [3.8, 4) is 0 Å². The van der Waals surface area contributed by atoms with E-state index in [0.717, 1.165) is 20.5 Å². The van der Waals surface area contributed by atoms with Crippen LogP contribution in [-0.4, -0.2) is 35.6 Å². The van der Waals surface area contributed by atoms with E-state index < -0.39 is 24.0 Å². The van der Waals surface area contributed by atoms with Crippen molar-refractivity contribution in [3.63, 3.8) is 0 Å². The molecule has 0 bridgehead atoms. The Hall–Kier alpha value is -2.87. The fraction of sp³-hybridized carbons (Fsp3) is 0.250. The largest absolute Gasteiger partial charge is 0.444 e. The Morgan fingerprint density at radius 3 is 2.71 bits per heavy atom.